The number of nitrogens with zero attached hydrogens (tertiary/aromatic N) is 7. The third kappa shape index (κ3) is 5.14. The molecule has 53 heavy (non-hydrogen) atoms. The van der Waals surface area contributed by atoms with Crippen molar-refractivity contribution in [3.63, 3.8) is 0 Å². The molecule has 0 amide bonds. The molecule has 2 aliphatic rings. The quantitative estimate of drug-likeness (QED) is 0.124. The maximum atomic E-state index is 11.7. The summed E-state index contributed by atoms with van der Waals surface area (Å²) in [5.74, 6) is 2.07. The molecule has 2 aliphatic heterocycles. The van der Waals surface area contributed by atoms with Crippen molar-refractivity contribution < 1.29 is 24.1 Å². The highest BCUT2D eigenvalue weighted by Gasteiger charge is 2.23. The van der Waals surface area contributed by atoms with E-state index in [1.54, 1.807) is 45.6 Å². The summed E-state index contributed by atoms with van der Waals surface area (Å²) < 4.78 is 16.7. The lowest BCUT2D eigenvalue weighted by Crippen LogP contribution is -1.97. The first kappa shape index (κ1) is 31.3. The van der Waals surface area contributed by atoms with Gasteiger partial charge in [-0.25, -0.2) is 34.7 Å². The van der Waals surface area contributed by atoms with Gasteiger partial charge in [0.15, 0.2) is 23.3 Å². The van der Waals surface area contributed by atoms with Crippen LogP contribution in [0.25, 0.3) is 95.8 Å². The van der Waals surface area contributed by atoms with E-state index in [0.717, 1.165) is 32.7 Å². The first-order valence-electron chi connectivity index (χ1n) is 16.2. The van der Waals surface area contributed by atoms with Crippen molar-refractivity contribution in [2.24, 2.45) is 0 Å². The van der Waals surface area contributed by atoms with Crippen molar-refractivity contribution in [3.05, 3.63) is 83.9 Å². The molecule has 14 nitrogen and oxygen atoms in total. The molecule has 0 unspecified atom stereocenters. The zero-order valence-corrected chi connectivity index (χ0v) is 28.2. The Labute approximate surface area is 299 Å². The van der Waals surface area contributed by atoms with Crippen LogP contribution in [-0.4, -0.2) is 72.3 Å². The number of methoxy groups -OCH3 is 3. The van der Waals surface area contributed by atoms with Crippen LogP contribution in [0.2, 0.25) is 0 Å². The fourth-order valence-electron chi connectivity index (χ4n) is 6.53. The Bertz CT molecular complexity index is 2970. The molecule has 0 spiro atoms. The van der Waals surface area contributed by atoms with Gasteiger partial charge in [-0.05, 0) is 78.4 Å². The van der Waals surface area contributed by atoms with Gasteiger partial charge in [-0.1, -0.05) is 6.07 Å². The van der Waals surface area contributed by atoms with Crippen molar-refractivity contribution in [1.29, 1.82) is 5.26 Å². The second kappa shape index (κ2) is 12.0. The fourth-order valence-corrected chi connectivity index (χ4v) is 6.53. The molecule has 9 rings (SSSR count). The van der Waals surface area contributed by atoms with Crippen LogP contribution in [0, 0.1) is 11.3 Å². The largest absolute Gasteiger partial charge is 0.497 e. The number of benzene rings is 4. The Morgan fingerprint density at radius 3 is 1.51 bits per heavy atom. The Morgan fingerprint density at radius 2 is 1.02 bits per heavy atom. The van der Waals surface area contributed by atoms with Gasteiger partial charge < -0.3 is 29.3 Å². The topological polar surface area (TPSA) is 198 Å². The second-order valence-corrected chi connectivity index (χ2v) is 12.1. The van der Waals surface area contributed by atoms with Crippen LogP contribution in [0.1, 0.15) is 5.56 Å². The summed E-state index contributed by atoms with van der Waals surface area (Å²) in [6.45, 7) is 0. The zero-order chi connectivity index (χ0) is 36.4. The number of carboxylic acids is 1. The number of carbonyl (C=O) groups is 1. The zero-order valence-electron chi connectivity index (χ0n) is 28.2. The SMILES string of the molecule is COc1ccc2c(c1)-c1nc-2nc2[nH]c(nc3nc(nc4[nH]c(n1)c1ccc(OC)cc41)-c1ccc(/C=C(/C#N)C(=O)O)cc1-3)c1ccc(OC)cc21. The molecule has 7 aromatic rings. The average Bonchev–Trinajstić information content (AvgIpc) is 3.91. The predicted octanol–water partition coefficient (Wildman–Crippen LogP) is 6.89. The van der Waals surface area contributed by atoms with Gasteiger partial charge in [0.05, 0.1) is 21.3 Å². The summed E-state index contributed by atoms with van der Waals surface area (Å²) in [5, 5.41) is 21.9. The van der Waals surface area contributed by atoms with E-state index in [9.17, 15) is 15.2 Å². The third-order valence-corrected chi connectivity index (χ3v) is 9.14. The normalized spacial score (nSPS) is 11.9. The number of aromatic amines is 2. The highest BCUT2D eigenvalue weighted by molar-refractivity contribution is 6.07. The minimum Gasteiger partial charge on any atom is -0.497 e. The summed E-state index contributed by atoms with van der Waals surface area (Å²) in [4.78, 5) is 48.4. The Hall–Kier alpha value is -7.66. The van der Waals surface area contributed by atoms with E-state index in [1.807, 2.05) is 54.6 Å². The number of aromatic nitrogens is 8. The average molecular weight is 700 g/mol. The molecule has 256 valence electrons. The molecular weight excluding hydrogens is 674 g/mol. The Kier molecular flexibility index (Phi) is 7.09. The van der Waals surface area contributed by atoms with Gasteiger partial charge in [0, 0.05) is 43.8 Å². The van der Waals surface area contributed by atoms with Crippen molar-refractivity contribution >= 4 is 56.2 Å². The number of ether oxygens (including phenoxy) is 3. The van der Waals surface area contributed by atoms with Gasteiger partial charge in [-0.3, -0.25) is 0 Å². The molecule has 0 saturated heterocycles. The monoisotopic (exact) mass is 699 g/mol. The predicted molar refractivity (Wildman–Crippen MR) is 197 cm³/mol. The molecule has 14 heteroatoms. The third-order valence-electron chi connectivity index (χ3n) is 9.14. The van der Waals surface area contributed by atoms with Crippen LogP contribution in [0.5, 0.6) is 17.2 Å². The van der Waals surface area contributed by atoms with Crippen LogP contribution in [0.4, 0.5) is 0 Å². The van der Waals surface area contributed by atoms with Gasteiger partial charge in [-0.2, -0.15) is 5.26 Å². The summed E-state index contributed by atoms with van der Waals surface area (Å²) in [6, 6.07) is 23.8. The number of hydrogen-bond acceptors (Lipinski definition) is 11. The fraction of sp³-hybridized carbons (Fsp3) is 0.0769. The smallest absolute Gasteiger partial charge is 0.346 e. The van der Waals surface area contributed by atoms with E-state index in [0.29, 0.717) is 79.8 Å². The summed E-state index contributed by atoms with van der Waals surface area (Å²) in [5.41, 5.74) is 4.71. The minimum atomic E-state index is -1.33. The van der Waals surface area contributed by atoms with E-state index in [4.69, 9.17) is 44.1 Å². The van der Waals surface area contributed by atoms with Gasteiger partial charge in [0.2, 0.25) is 0 Å². The van der Waals surface area contributed by atoms with E-state index in [1.165, 1.54) is 6.08 Å². The standard InChI is InChI=1S/C39H25N9O5/c1-51-20-5-9-24-28(14-20)37-44-32(24)42-35-27-13-18(12-19(17-40)39(49)50)4-8-23(27)31(41-35)43-36-29-15-21(52-2)6-10-25(29)33(45-36)47-38-30-16-22(53-3)7-11-26(30)34(46-37)48-38/h4-16H,1-3H3,(H,49,50)(H2,41,42,43,44,45,46,47,48)/b19-12-. The maximum absolute atomic E-state index is 11.7. The van der Waals surface area contributed by atoms with Crippen LogP contribution in [0.3, 0.4) is 0 Å². The highest BCUT2D eigenvalue weighted by atomic mass is 16.5. The first-order valence-corrected chi connectivity index (χ1v) is 16.2. The van der Waals surface area contributed by atoms with Gasteiger partial charge in [-0.15, -0.1) is 0 Å². The molecule has 0 atom stereocenters. The Morgan fingerprint density at radius 1 is 0.585 bits per heavy atom. The molecule has 0 fully saturated rings. The molecule has 0 aliphatic carbocycles. The van der Waals surface area contributed by atoms with Crippen LogP contribution in [0.15, 0.2) is 78.4 Å². The van der Waals surface area contributed by atoms with Crippen molar-refractivity contribution in [1.82, 2.24) is 39.9 Å². The van der Waals surface area contributed by atoms with E-state index >= 15 is 0 Å². The molecule has 3 aromatic heterocycles. The summed E-state index contributed by atoms with van der Waals surface area (Å²) >= 11 is 0. The highest BCUT2D eigenvalue weighted by Crippen LogP contribution is 2.39. The Balaban J connectivity index is 1.44. The molecule has 5 heterocycles. The molecule has 4 aromatic carbocycles. The van der Waals surface area contributed by atoms with Gasteiger partial charge in [0.25, 0.3) is 0 Å². The van der Waals surface area contributed by atoms with E-state index in [2.05, 4.69) is 9.97 Å². The summed E-state index contributed by atoms with van der Waals surface area (Å²) in [6.07, 6.45) is 1.30. The lowest BCUT2D eigenvalue weighted by Gasteiger charge is -2.02. The van der Waals surface area contributed by atoms with E-state index < -0.39 is 11.5 Å². The number of hydrogen-bond donors (Lipinski definition) is 3. The second-order valence-electron chi connectivity index (χ2n) is 12.1. The number of aliphatic carboxylic acids is 1. The molecular formula is C39H25N9O5. The van der Waals surface area contributed by atoms with Crippen molar-refractivity contribution in [3.8, 4) is 68.9 Å². The molecule has 0 radical (unpaired) electrons. The number of nitriles is 1. The number of rotatable bonds is 5. The van der Waals surface area contributed by atoms with E-state index in [-0.39, 0.29) is 0 Å². The summed E-state index contributed by atoms with van der Waals surface area (Å²) in [7, 11) is 4.79. The van der Waals surface area contributed by atoms with Crippen LogP contribution >= 0.6 is 0 Å². The van der Waals surface area contributed by atoms with Gasteiger partial charge >= 0.3 is 5.97 Å². The van der Waals surface area contributed by atoms with Crippen molar-refractivity contribution in [2.75, 3.05) is 21.3 Å². The number of fused-ring (bicyclic) bond motifs is 20. The van der Waals surface area contributed by atoms with Gasteiger partial charge in [0.1, 0.15) is 51.5 Å². The minimum absolute atomic E-state index is 0.310. The lowest BCUT2D eigenvalue weighted by atomic mass is 10.0. The first-order chi connectivity index (χ1) is 25.8. The van der Waals surface area contributed by atoms with Crippen LogP contribution < -0.4 is 14.2 Å². The molecule has 8 bridgehead atoms. The number of carboxylic acid groups (broad SMARTS) is 1. The lowest BCUT2D eigenvalue weighted by molar-refractivity contribution is -0.132. The molecule has 0 saturated carbocycles. The molecule has 3 N–H and O–H groups in total. The maximum Gasteiger partial charge on any atom is 0.346 e. The number of H-pyrrole nitrogens is 2. The van der Waals surface area contributed by atoms with Crippen LogP contribution in [-0.2, 0) is 4.79 Å². The van der Waals surface area contributed by atoms with Crippen molar-refractivity contribution in [2.45, 2.75) is 0 Å². The number of nitrogens with one attached hydrogen (secondary N) is 2.